The first kappa shape index (κ1) is 15.9. The minimum absolute atomic E-state index is 0.442. The number of thioether (sulfide) groups is 1. The van der Waals surface area contributed by atoms with Crippen molar-refractivity contribution in [1.82, 2.24) is 10.2 Å². The standard InChI is InChI=1S/C17H28N2S/c1-15(16-7-9-17(20-2)10-8-16)18-11-14-19-12-5-3-4-6-13-19/h7-10,15,18H,3-6,11-14H2,1-2H3. The van der Waals surface area contributed by atoms with Crippen molar-refractivity contribution in [3.8, 4) is 0 Å². The van der Waals surface area contributed by atoms with E-state index < -0.39 is 0 Å². The molecule has 1 aliphatic heterocycles. The SMILES string of the molecule is CSc1ccc(C(C)NCCN2CCCCCC2)cc1. The van der Waals surface area contributed by atoms with Crippen LogP contribution < -0.4 is 5.32 Å². The van der Waals surface area contributed by atoms with E-state index in [9.17, 15) is 0 Å². The van der Waals surface area contributed by atoms with Crippen LogP contribution in [0.25, 0.3) is 0 Å². The second-order valence-corrected chi connectivity index (χ2v) is 6.58. The van der Waals surface area contributed by atoms with E-state index in [1.165, 1.54) is 55.8 Å². The van der Waals surface area contributed by atoms with Gasteiger partial charge in [-0.1, -0.05) is 25.0 Å². The average molecular weight is 292 g/mol. The molecule has 1 aliphatic rings. The second-order valence-electron chi connectivity index (χ2n) is 5.70. The normalized spacial score (nSPS) is 18.7. The summed E-state index contributed by atoms with van der Waals surface area (Å²) >= 11 is 1.80. The van der Waals surface area contributed by atoms with E-state index in [1.807, 2.05) is 0 Å². The molecule has 0 radical (unpaired) electrons. The molecule has 20 heavy (non-hydrogen) atoms. The molecule has 1 fully saturated rings. The summed E-state index contributed by atoms with van der Waals surface area (Å²) in [5.74, 6) is 0. The number of nitrogens with zero attached hydrogens (tertiary/aromatic N) is 1. The largest absolute Gasteiger partial charge is 0.309 e. The van der Waals surface area contributed by atoms with E-state index in [1.54, 1.807) is 11.8 Å². The van der Waals surface area contributed by atoms with E-state index in [0.29, 0.717) is 6.04 Å². The number of rotatable bonds is 6. The number of benzene rings is 1. The molecule has 0 bridgehead atoms. The Bertz CT molecular complexity index is 369. The van der Waals surface area contributed by atoms with Gasteiger partial charge in [-0.3, -0.25) is 0 Å². The minimum atomic E-state index is 0.442. The van der Waals surface area contributed by atoms with E-state index in [0.717, 1.165) is 6.54 Å². The van der Waals surface area contributed by atoms with Gasteiger partial charge in [-0.25, -0.2) is 0 Å². The molecule has 1 atom stereocenters. The maximum absolute atomic E-state index is 3.66. The molecule has 0 saturated carbocycles. The summed E-state index contributed by atoms with van der Waals surface area (Å²) in [6.45, 7) is 7.12. The van der Waals surface area contributed by atoms with Gasteiger partial charge in [-0.2, -0.15) is 0 Å². The number of hydrogen-bond acceptors (Lipinski definition) is 3. The van der Waals surface area contributed by atoms with Gasteiger partial charge in [-0.05, 0) is 56.8 Å². The lowest BCUT2D eigenvalue weighted by Gasteiger charge is -2.22. The first-order valence-corrected chi connectivity index (χ1v) is 9.12. The highest BCUT2D eigenvalue weighted by Gasteiger charge is 2.09. The minimum Gasteiger partial charge on any atom is -0.309 e. The van der Waals surface area contributed by atoms with Crippen LogP contribution in [0.15, 0.2) is 29.2 Å². The van der Waals surface area contributed by atoms with E-state index in [4.69, 9.17) is 0 Å². The molecule has 0 spiro atoms. The van der Waals surface area contributed by atoms with Crippen LogP contribution in [-0.2, 0) is 0 Å². The predicted octanol–water partition coefficient (Wildman–Crippen LogP) is 3.94. The lowest BCUT2D eigenvalue weighted by Crippen LogP contribution is -2.33. The van der Waals surface area contributed by atoms with Crippen LogP contribution >= 0.6 is 11.8 Å². The van der Waals surface area contributed by atoms with Crippen LogP contribution in [0.1, 0.15) is 44.2 Å². The van der Waals surface area contributed by atoms with Crippen LogP contribution in [0, 0.1) is 0 Å². The lowest BCUT2D eigenvalue weighted by molar-refractivity contribution is 0.280. The van der Waals surface area contributed by atoms with E-state index in [-0.39, 0.29) is 0 Å². The van der Waals surface area contributed by atoms with Crippen LogP contribution in [0.5, 0.6) is 0 Å². The maximum atomic E-state index is 3.66. The Morgan fingerprint density at radius 1 is 1.10 bits per heavy atom. The number of nitrogens with one attached hydrogen (secondary N) is 1. The highest BCUT2D eigenvalue weighted by atomic mass is 32.2. The molecule has 3 heteroatoms. The van der Waals surface area contributed by atoms with Gasteiger partial charge in [0, 0.05) is 24.0 Å². The topological polar surface area (TPSA) is 15.3 Å². The molecule has 112 valence electrons. The Kier molecular flexibility index (Phi) is 6.91. The van der Waals surface area contributed by atoms with Gasteiger partial charge in [0.2, 0.25) is 0 Å². The summed E-state index contributed by atoms with van der Waals surface area (Å²) in [7, 11) is 0. The molecular formula is C17H28N2S. The molecule has 2 nitrogen and oxygen atoms in total. The summed E-state index contributed by atoms with van der Waals surface area (Å²) in [6.07, 6.45) is 7.72. The van der Waals surface area contributed by atoms with Gasteiger partial charge in [0.25, 0.3) is 0 Å². The fraction of sp³-hybridized carbons (Fsp3) is 0.647. The molecule has 1 heterocycles. The third-order valence-electron chi connectivity index (χ3n) is 4.19. The van der Waals surface area contributed by atoms with Gasteiger partial charge in [0.15, 0.2) is 0 Å². The van der Waals surface area contributed by atoms with Crippen molar-refractivity contribution in [2.24, 2.45) is 0 Å². The molecular weight excluding hydrogens is 264 g/mol. The van der Waals surface area contributed by atoms with Crippen molar-refractivity contribution < 1.29 is 0 Å². The van der Waals surface area contributed by atoms with Crippen molar-refractivity contribution in [3.05, 3.63) is 29.8 Å². The first-order valence-electron chi connectivity index (χ1n) is 7.89. The zero-order valence-corrected chi connectivity index (χ0v) is 13.7. The third kappa shape index (κ3) is 5.12. The Morgan fingerprint density at radius 3 is 2.35 bits per heavy atom. The van der Waals surface area contributed by atoms with Gasteiger partial charge >= 0.3 is 0 Å². The maximum Gasteiger partial charge on any atom is 0.0292 e. The smallest absolute Gasteiger partial charge is 0.0292 e. The van der Waals surface area contributed by atoms with Crippen LogP contribution in [0.4, 0.5) is 0 Å². The Hall–Kier alpha value is -0.510. The molecule has 1 unspecified atom stereocenters. The Balaban J connectivity index is 1.72. The molecule has 1 N–H and O–H groups in total. The van der Waals surface area contributed by atoms with Gasteiger partial charge in [-0.15, -0.1) is 11.8 Å². The third-order valence-corrected chi connectivity index (χ3v) is 4.94. The molecule has 1 aromatic carbocycles. The lowest BCUT2D eigenvalue weighted by atomic mass is 10.1. The molecule has 0 aliphatic carbocycles. The summed E-state index contributed by atoms with van der Waals surface area (Å²) in [6, 6.07) is 9.36. The highest BCUT2D eigenvalue weighted by Crippen LogP contribution is 2.18. The van der Waals surface area contributed by atoms with Crippen molar-refractivity contribution in [2.45, 2.75) is 43.5 Å². The van der Waals surface area contributed by atoms with Gasteiger partial charge in [0.1, 0.15) is 0 Å². The van der Waals surface area contributed by atoms with E-state index in [2.05, 4.69) is 47.7 Å². The zero-order valence-electron chi connectivity index (χ0n) is 12.9. The van der Waals surface area contributed by atoms with Crippen LogP contribution in [0.3, 0.4) is 0 Å². The predicted molar refractivity (Wildman–Crippen MR) is 89.5 cm³/mol. The van der Waals surface area contributed by atoms with Crippen molar-refractivity contribution in [1.29, 1.82) is 0 Å². The molecule has 2 rings (SSSR count). The number of hydrogen-bond donors (Lipinski definition) is 1. The van der Waals surface area contributed by atoms with Crippen LogP contribution in [0.2, 0.25) is 0 Å². The Labute approximate surface area is 128 Å². The number of likely N-dealkylation sites (tertiary alicyclic amines) is 1. The second kappa shape index (κ2) is 8.71. The summed E-state index contributed by atoms with van der Waals surface area (Å²) in [5.41, 5.74) is 1.39. The molecule has 0 amide bonds. The van der Waals surface area contributed by atoms with Crippen molar-refractivity contribution in [3.63, 3.8) is 0 Å². The highest BCUT2D eigenvalue weighted by molar-refractivity contribution is 7.98. The van der Waals surface area contributed by atoms with Gasteiger partial charge in [0.05, 0.1) is 0 Å². The first-order chi connectivity index (χ1) is 9.79. The van der Waals surface area contributed by atoms with Crippen molar-refractivity contribution >= 4 is 11.8 Å². The Morgan fingerprint density at radius 2 is 1.75 bits per heavy atom. The fourth-order valence-electron chi connectivity index (χ4n) is 2.81. The molecule has 0 aromatic heterocycles. The van der Waals surface area contributed by atoms with E-state index >= 15 is 0 Å². The summed E-state index contributed by atoms with van der Waals surface area (Å²) < 4.78 is 0. The van der Waals surface area contributed by atoms with Gasteiger partial charge < -0.3 is 10.2 Å². The molecule has 1 saturated heterocycles. The summed E-state index contributed by atoms with van der Waals surface area (Å²) in [4.78, 5) is 3.95. The zero-order chi connectivity index (χ0) is 14.2. The molecule has 1 aromatic rings. The monoisotopic (exact) mass is 292 g/mol. The van der Waals surface area contributed by atoms with Crippen LogP contribution in [-0.4, -0.2) is 37.3 Å². The summed E-state index contributed by atoms with van der Waals surface area (Å²) in [5, 5.41) is 3.66. The fourth-order valence-corrected chi connectivity index (χ4v) is 3.22. The quantitative estimate of drug-likeness (QED) is 0.800. The van der Waals surface area contributed by atoms with Crippen molar-refractivity contribution in [2.75, 3.05) is 32.4 Å². The average Bonchev–Trinajstić information content (AvgIpc) is 2.76.